The minimum atomic E-state index is -0.386. The first-order valence-electron chi connectivity index (χ1n) is 4.30. The second kappa shape index (κ2) is 4.63. The van der Waals surface area contributed by atoms with E-state index in [1.165, 1.54) is 31.1 Å². The molecule has 16 heavy (non-hydrogen) atoms. The summed E-state index contributed by atoms with van der Waals surface area (Å²) in [4.78, 5) is 26.8. The molecule has 0 aromatic carbocycles. The van der Waals surface area contributed by atoms with Gasteiger partial charge in [0.15, 0.2) is 11.0 Å². The third-order valence-electron chi connectivity index (χ3n) is 1.71. The number of nitrogens with one attached hydrogen (secondary N) is 1. The lowest BCUT2D eigenvalue weighted by atomic mass is 10.3. The first-order valence-corrected chi connectivity index (χ1v) is 4.68. The van der Waals surface area contributed by atoms with Gasteiger partial charge in [0.25, 0.3) is 5.91 Å². The molecule has 80 valence electrons. The molecule has 2 aromatic rings. The van der Waals surface area contributed by atoms with Gasteiger partial charge < -0.3 is 5.32 Å². The summed E-state index contributed by atoms with van der Waals surface area (Å²) in [6, 6.07) is 0. The van der Waals surface area contributed by atoms with Crippen LogP contribution in [0.25, 0.3) is 0 Å². The van der Waals surface area contributed by atoms with Crippen LogP contribution in [-0.4, -0.2) is 25.8 Å². The number of aromatic nitrogens is 4. The Bertz CT molecular complexity index is 504. The van der Waals surface area contributed by atoms with Gasteiger partial charge in [-0.1, -0.05) is 11.6 Å². The molecule has 2 heterocycles. The Morgan fingerprint density at radius 3 is 2.56 bits per heavy atom. The standard InChI is InChI=1S/C9H6ClN5O/c10-7-8(14-2-1-13-7)15-9(16)6-3-11-5-12-4-6/h1-5H,(H,14,15,16). The molecule has 0 unspecified atom stereocenters. The summed E-state index contributed by atoms with van der Waals surface area (Å²) >= 11 is 5.74. The Labute approximate surface area is 95.7 Å². The lowest BCUT2D eigenvalue weighted by molar-refractivity contribution is 0.102. The van der Waals surface area contributed by atoms with E-state index in [2.05, 4.69) is 25.3 Å². The summed E-state index contributed by atoms with van der Waals surface area (Å²) in [5.74, 6) is -0.180. The minimum absolute atomic E-state index is 0.132. The molecule has 0 saturated heterocycles. The molecular weight excluding hydrogens is 230 g/mol. The number of anilines is 1. The highest BCUT2D eigenvalue weighted by molar-refractivity contribution is 6.32. The van der Waals surface area contributed by atoms with Crippen LogP contribution in [0.4, 0.5) is 5.82 Å². The van der Waals surface area contributed by atoms with E-state index in [0.29, 0.717) is 5.56 Å². The van der Waals surface area contributed by atoms with Crippen LogP contribution < -0.4 is 5.32 Å². The highest BCUT2D eigenvalue weighted by Crippen LogP contribution is 2.14. The smallest absolute Gasteiger partial charge is 0.260 e. The number of hydrogen-bond acceptors (Lipinski definition) is 5. The molecule has 1 N–H and O–H groups in total. The van der Waals surface area contributed by atoms with E-state index in [9.17, 15) is 4.79 Å². The molecule has 0 saturated carbocycles. The van der Waals surface area contributed by atoms with Crippen LogP contribution in [0.1, 0.15) is 10.4 Å². The van der Waals surface area contributed by atoms with E-state index >= 15 is 0 Å². The van der Waals surface area contributed by atoms with Crippen molar-refractivity contribution in [1.29, 1.82) is 0 Å². The van der Waals surface area contributed by atoms with E-state index in [1.807, 2.05) is 0 Å². The van der Waals surface area contributed by atoms with Crippen LogP contribution in [0.2, 0.25) is 5.15 Å². The molecule has 0 radical (unpaired) electrons. The summed E-state index contributed by atoms with van der Waals surface area (Å²) in [7, 11) is 0. The quantitative estimate of drug-likeness (QED) is 0.845. The summed E-state index contributed by atoms with van der Waals surface area (Å²) in [5, 5.41) is 2.63. The van der Waals surface area contributed by atoms with Crippen LogP contribution in [0, 0.1) is 0 Å². The number of amides is 1. The van der Waals surface area contributed by atoms with Crippen LogP contribution in [0.5, 0.6) is 0 Å². The van der Waals surface area contributed by atoms with Gasteiger partial charge in [0, 0.05) is 24.8 Å². The number of carbonyl (C=O) groups is 1. The molecule has 6 nitrogen and oxygen atoms in total. The molecule has 7 heteroatoms. The Kier molecular flexibility index (Phi) is 3.02. The Balaban J connectivity index is 2.18. The van der Waals surface area contributed by atoms with Gasteiger partial charge >= 0.3 is 0 Å². The molecular formula is C9H6ClN5O. The van der Waals surface area contributed by atoms with Crippen molar-refractivity contribution in [2.75, 3.05) is 5.32 Å². The van der Waals surface area contributed by atoms with Gasteiger partial charge in [-0.15, -0.1) is 0 Å². The van der Waals surface area contributed by atoms with Crippen LogP contribution in [0.3, 0.4) is 0 Å². The van der Waals surface area contributed by atoms with Gasteiger partial charge in [-0.05, 0) is 0 Å². The largest absolute Gasteiger partial charge is 0.304 e. The first-order chi connectivity index (χ1) is 7.77. The van der Waals surface area contributed by atoms with Gasteiger partial charge in [-0.25, -0.2) is 19.9 Å². The molecule has 0 aliphatic rings. The van der Waals surface area contributed by atoms with Gasteiger partial charge in [0.05, 0.1) is 5.56 Å². The monoisotopic (exact) mass is 235 g/mol. The van der Waals surface area contributed by atoms with Crippen molar-refractivity contribution in [3.8, 4) is 0 Å². The molecule has 0 aliphatic carbocycles. The van der Waals surface area contributed by atoms with Crippen molar-refractivity contribution in [2.45, 2.75) is 0 Å². The third-order valence-corrected chi connectivity index (χ3v) is 1.98. The average Bonchev–Trinajstić information content (AvgIpc) is 2.33. The SMILES string of the molecule is O=C(Nc1nccnc1Cl)c1cncnc1. The second-order valence-electron chi connectivity index (χ2n) is 2.78. The third kappa shape index (κ3) is 2.29. The van der Waals surface area contributed by atoms with Crippen molar-refractivity contribution in [1.82, 2.24) is 19.9 Å². The van der Waals surface area contributed by atoms with Gasteiger partial charge in [-0.3, -0.25) is 4.79 Å². The lowest BCUT2D eigenvalue weighted by Gasteiger charge is -2.03. The number of nitrogens with zero attached hydrogens (tertiary/aromatic N) is 4. The van der Waals surface area contributed by atoms with Crippen molar-refractivity contribution in [3.05, 3.63) is 41.8 Å². The van der Waals surface area contributed by atoms with Gasteiger partial charge in [0.1, 0.15) is 6.33 Å². The Morgan fingerprint density at radius 1 is 1.19 bits per heavy atom. The molecule has 1 amide bonds. The maximum atomic E-state index is 11.6. The maximum absolute atomic E-state index is 11.6. The fourth-order valence-electron chi connectivity index (χ4n) is 1.00. The van der Waals surface area contributed by atoms with E-state index < -0.39 is 0 Å². The van der Waals surface area contributed by atoms with E-state index in [4.69, 9.17) is 11.6 Å². The number of carbonyl (C=O) groups excluding carboxylic acids is 1. The van der Waals surface area contributed by atoms with Crippen molar-refractivity contribution in [2.24, 2.45) is 0 Å². The van der Waals surface area contributed by atoms with Crippen LogP contribution in [-0.2, 0) is 0 Å². The Hall–Kier alpha value is -2.08. The maximum Gasteiger partial charge on any atom is 0.260 e. The van der Waals surface area contributed by atoms with E-state index in [1.54, 1.807) is 0 Å². The number of halogens is 1. The molecule has 0 atom stereocenters. The normalized spacial score (nSPS) is 9.81. The zero-order chi connectivity index (χ0) is 11.4. The summed E-state index contributed by atoms with van der Waals surface area (Å²) in [6.07, 6.45) is 7.00. The van der Waals surface area contributed by atoms with Gasteiger partial charge in [-0.2, -0.15) is 0 Å². The summed E-state index contributed by atoms with van der Waals surface area (Å²) in [6.45, 7) is 0. The predicted octanol–water partition coefficient (Wildman–Crippen LogP) is 1.17. The van der Waals surface area contributed by atoms with Crippen LogP contribution in [0.15, 0.2) is 31.1 Å². The second-order valence-corrected chi connectivity index (χ2v) is 3.14. The zero-order valence-corrected chi connectivity index (χ0v) is 8.72. The van der Waals surface area contributed by atoms with Crippen molar-refractivity contribution in [3.63, 3.8) is 0 Å². The first kappa shape index (κ1) is 10.4. The van der Waals surface area contributed by atoms with E-state index in [0.717, 1.165) is 0 Å². The highest BCUT2D eigenvalue weighted by Gasteiger charge is 2.09. The molecule has 0 bridgehead atoms. The molecule has 0 fully saturated rings. The minimum Gasteiger partial charge on any atom is -0.304 e. The average molecular weight is 236 g/mol. The van der Waals surface area contributed by atoms with Crippen molar-refractivity contribution >= 4 is 23.3 Å². The highest BCUT2D eigenvalue weighted by atomic mass is 35.5. The lowest BCUT2D eigenvalue weighted by Crippen LogP contribution is -2.14. The Morgan fingerprint density at radius 2 is 1.88 bits per heavy atom. The van der Waals surface area contributed by atoms with Crippen LogP contribution >= 0.6 is 11.6 Å². The van der Waals surface area contributed by atoms with E-state index in [-0.39, 0.29) is 16.9 Å². The zero-order valence-electron chi connectivity index (χ0n) is 7.96. The summed E-state index contributed by atoms with van der Waals surface area (Å²) in [5.41, 5.74) is 0.323. The molecule has 2 rings (SSSR count). The van der Waals surface area contributed by atoms with Crippen molar-refractivity contribution < 1.29 is 4.79 Å². The number of rotatable bonds is 2. The summed E-state index contributed by atoms with van der Waals surface area (Å²) < 4.78 is 0. The molecule has 0 spiro atoms. The van der Waals surface area contributed by atoms with Gasteiger partial charge in [0.2, 0.25) is 0 Å². The fourth-order valence-corrected chi connectivity index (χ4v) is 1.15. The topological polar surface area (TPSA) is 80.7 Å². The predicted molar refractivity (Wildman–Crippen MR) is 57.0 cm³/mol. The molecule has 0 aliphatic heterocycles. The number of hydrogen-bond donors (Lipinski definition) is 1. The molecule has 2 aromatic heterocycles. The fraction of sp³-hybridized carbons (Fsp3) is 0.